The van der Waals surface area contributed by atoms with Crippen LogP contribution in [-0.2, 0) is 22.9 Å². The third-order valence-corrected chi connectivity index (χ3v) is 21.9. The minimum atomic E-state index is -1.93. The van der Waals surface area contributed by atoms with Gasteiger partial charge in [-0.2, -0.15) is 0 Å². The Kier molecular flexibility index (Phi) is 15.2. The Hall–Kier alpha value is -0.169. The standard InChI is InChI=1S/C17H38O3Si2.C11H24O3Si/c1-14(18)15(20-22(10,11)17(5,6)7)12-13-19-21(8,9)16(2,3)4;1-9(13)10(7-8-12)14-15(5,6)11(2,3)4/h15H,12-13H2,1-11H3;10,12H,7-8H2,1-6H3/t15-;10-/m00/s1. The summed E-state index contributed by atoms with van der Waals surface area (Å²) in [6.07, 6.45) is 0.303. The highest BCUT2D eigenvalue weighted by molar-refractivity contribution is 6.75. The smallest absolute Gasteiger partial charge is 0.193 e. The number of rotatable bonds is 12. The topological polar surface area (TPSA) is 82.1 Å². The molecule has 0 bridgehead atoms. The van der Waals surface area contributed by atoms with Gasteiger partial charge in [-0.1, -0.05) is 62.3 Å². The molecule has 222 valence electrons. The molecule has 0 rings (SSSR count). The molecule has 0 spiro atoms. The first-order valence-electron chi connectivity index (χ1n) is 13.7. The Bertz CT molecular complexity index is 713. The van der Waals surface area contributed by atoms with Crippen molar-refractivity contribution < 1.29 is 28.0 Å². The van der Waals surface area contributed by atoms with Crippen LogP contribution in [0.25, 0.3) is 0 Å². The maximum absolute atomic E-state index is 12.0. The summed E-state index contributed by atoms with van der Waals surface area (Å²) in [7, 11) is -5.59. The van der Waals surface area contributed by atoms with E-state index in [1.54, 1.807) is 6.92 Å². The largest absolute Gasteiger partial charge is 0.417 e. The normalized spacial score (nSPS) is 15.5. The lowest BCUT2D eigenvalue weighted by Gasteiger charge is -2.39. The van der Waals surface area contributed by atoms with Crippen molar-refractivity contribution in [2.75, 3.05) is 13.2 Å². The highest BCUT2D eigenvalue weighted by atomic mass is 28.4. The van der Waals surface area contributed by atoms with E-state index in [1.807, 2.05) is 0 Å². The Morgan fingerprint density at radius 1 is 0.622 bits per heavy atom. The molecule has 0 unspecified atom stereocenters. The van der Waals surface area contributed by atoms with Crippen LogP contribution in [0.2, 0.25) is 54.4 Å². The van der Waals surface area contributed by atoms with E-state index in [4.69, 9.17) is 18.4 Å². The predicted octanol–water partition coefficient (Wildman–Crippen LogP) is 7.73. The number of hydrogen-bond donors (Lipinski definition) is 1. The number of aliphatic hydroxyl groups is 1. The Morgan fingerprint density at radius 2 is 0.919 bits per heavy atom. The van der Waals surface area contributed by atoms with Crippen molar-refractivity contribution in [2.24, 2.45) is 0 Å². The fourth-order valence-electron chi connectivity index (χ4n) is 2.51. The summed E-state index contributed by atoms with van der Waals surface area (Å²) in [4.78, 5) is 23.3. The van der Waals surface area contributed by atoms with E-state index in [2.05, 4.69) is 102 Å². The van der Waals surface area contributed by atoms with Crippen molar-refractivity contribution in [3.8, 4) is 0 Å². The summed E-state index contributed by atoms with van der Waals surface area (Å²) in [5.41, 5.74) is 0. The summed E-state index contributed by atoms with van der Waals surface area (Å²) in [6, 6.07) is 0. The fraction of sp³-hybridized carbons (Fsp3) is 0.929. The van der Waals surface area contributed by atoms with Crippen LogP contribution in [0.3, 0.4) is 0 Å². The molecule has 0 aliphatic heterocycles. The Morgan fingerprint density at radius 3 is 1.16 bits per heavy atom. The first-order valence-corrected chi connectivity index (χ1v) is 22.5. The average Bonchev–Trinajstić information content (AvgIpc) is 2.64. The Labute approximate surface area is 233 Å². The van der Waals surface area contributed by atoms with Crippen molar-refractivity contribution >= 4 is 36.5 Å². The third-order valence-electron chi connectivity index (χ3n) is 8.43. The van der Waals surface area contributed by atoms with Crippen LogP contribution in [0.1, 0.15) is 89.0 Å². The zero-order valence-electron chi connectivity index (χ0n) is 27.5. The van der Waals surface area contributed by atoms with Gasteiger partial charge in [-0.3, -0.25) is 9.59 Å². The molecular weight excluding hydrogens is 517 g/mol. The van der Waals surface area contributed by atoms with Crippen molar-refractivity contribution in [3.63, 3.8) is 0 Å². The van der Waals surface area contributed by atoms with E-state index in [-0.39, 0.29) is 39.4 Å². The van der Waals surface area contributed by atoms with Crippen LogP contribution in [0.4, 0.5) is 0 Å². The molecule has 0 heterocycles. The van der Waals surface area contributed by atoms with Gasteiger partial charge in [0, 0.05) is 26.1 Å². The van der Waals surface area contributed by atoms with Gasteiger partial charge < -0.3 is 18.4 Å². The highest BCUT2D eigenvalue weighted by Crippen LogP contribution is 2.39. The van der Waals surface area contributed by atoms with E-state index in [0.717, 1.165) is 0 Å². The monoisotopic (exact) mass is 578 g/mol. The molecule has 6 nitrogen and oxygen atoms in total. The molecule has 0 fully saturated rings. The lowest BCUT2D eigenvalue weighted by Crippen LogP contribution is -2.46. The molecule has 0 radical (unpaired) electrons. The molecular formula is C28H62O6Si3. The zero-order valence-corrected chi connectivity index (χ0v) is 30.5. The number of carbonyl (C=O) groups is 2. The maximum atomic E-state index is 12.0. The fourth-order valence-corrected chi connectivity index (χ4v) is 6.27. The van der Waals surface area contributed by atoms with Gasteiger partial charge in [-0.25, -0.2) is 0 Å². The van der Waals surface area contributed by atoms with E-state index in [1.165, 1.54) is 6.92 Å². The lowest BCUT2D eigenvalue weighted by atomic mass is 10.2. The molecule has 0 amide bonds. The van der Waals surface area contributed by atoms with E-state index in [9.17, 15) is 9.59 Å². The van der Waals surface area contributed by atoms with Gasteiger partial charge in [0.2, 0.25) is 0 Å². The second-order valence-electron chi connectivity index (χ2n) is 14.9. The molecule has 1 N–H and O–H groups in total. The summed E-state index contributed by atoms with van der Waals surface area (Å²) in [6.45, 7) is 36.5. The summed E-state index contributed by atoms with van der Waals surface area (Å²) in [5, 5.41) is 9.27. The first kappa shape index (κ1) is 39.0. The Balaban J connectivity index is 0. The van der Waals surface area contributed by atoms with Crippen molar-refractivity contribution in [2.45, 2.75) is 156 Å². The average molecular weight is 579 g/mol. The first-order chi connectivity index (χ1) is 16.1. The summed E-state index contributed by atoms with van der Waals surface area (Å²) >= 11 is 0. The second-order valence-corrected chi connectivity index (χ2v) is 29.2. The predicted molar refractivity (Wildman–Crippen MR) is 165 cm³/mol. The van der Waals surface area contributed by atoms with E-state index >= 15 is 0 Å². The molecule has 0 aromatic heterocycles. The van der Waals surface area contributed by atoms with Crippen LogP contribution >= 0.6 is 0 Å². The quantitative estimate of drug-likeness (QED) is 0.239. The molecule has 0 saturated carbocycles. The minimum Gasteiger partial charge on any atom is -0.417 e. The number of Topliss-reactive ketones (excluding diaryl/α,β-unsaturated/α-hetero) is 2. The van der Waals surface area contributed by atoms with Gasteiger partial charge in [0.05, 0.1) is 0 Å². The lowest BCUT2D eigenvalue weighted by molar-refractivity contribution is -0.125. The SMILES string of the molecule is CC(=O)[C@H](CCO)O[Si](C)(C)C(C)(C)C.CC(=O)[C@H](CCO[Si](C)(C)C(C)(C)C)O[Si](C)(C)C(C)(C)C. The molecule has 0 aromatic carbocycles. The van der Waals surface area contributed by atoms with Gasteiger partial charge in [-0.15, -0.1) is 0 Å². The molecule has 37 heavy (non-hydrogen) atoms. The number of ketones is 2. The summed E-state index contributed by atoms with van der Waals surface area (Å²) in [5.74, 6) is 0.123. The highest BCUT2D eigenvalue weighted by Gasteiger charge is 2.41. The van der Waals surface area contributed by atoms with Gasteiger partial charge >= 0.3 is 0 Å². The van der Waals surface area contributed by atoms with Gasteiger partial charge in [-0.05, 0) is 68.2 Å². The van der Waals surface area contributed by atoms with Gasteiger partial charge in [0.15, 0.2) is 36.5 Å². The molecule has 2 atom stereocenters. The van der Waals surface area contributed by atoms with Crippen molar-refractivity contribution in [1.82, 2.24) is 0 Å². The van der Waals surface area contributed by atoms with Crippen molar-refractivity contribution in [3.05, 3.63) is 0 Å². The number of carbonyl (C=O) groups excluding carboxylic acids is 2. The molecule has 0 aliphatic rings. The van der Waals surface area contributed by atoms with Crippen LogP contribution in [0.15, 0.2) is 0 Å². The van der Waals surface area contributed by atoms with Gasteiger partial charge in [0.1, 0.15) is 12.2 Å². The van der Waals surface area contributed by atoms with E-state index < -0.39 is 31.1 Å². The molecule has 0 aliphatic carbocycles. The van der Waals surface area contributed by atoms with Crippen molar-refractivity contribution in [1.29, 1.82) is 0 Å². The summed E-state index contributed by atoms with van der Waals surface area (Å²) < 4.78 is 18.4. The molecule has 0 saturated heterocycles. The van der Waals surface area contributed by atoms with E-state index in [0.29, 0.717) is 19.4 Å². The van der Waals surface area contributed by atoms with Crippen LogP contribution in [0, 0.1) is 0 Å². The second kappa shape index (κ2) is 14.5. The molecule has 9 heteroatoms. The van der Waals surface area contributed by atoms with Gasteiger partial charge in [0.25, 0.3) is 0 Å². The number of hydrogen-bond acceptors (Lipinski definition) is 6. The third kappa shape index (κ3) is 13.6. The van der Waals surface area contributed by atoms with Crippen LogP contribution < -0.4 is 0 Å². The maximum Gasteiger partial charge on any atom is 0.193 e. The minimum absolute atomic E-state index is 0.00112. The van der Waals surface area contributed by atoms with Crippen LogP contribution in [0.5, 0.6) is 0 Å². The zero-order chi connectivity index (χ0) is 30.3. The number of aliphatic hydroxyl groups excluding tert-OH is 1. The molecule has 0 aromatic rings. The van der Waals surface area contributed by atoms with Crippen LogP contribution in [-0.4, -0.2) is 67.0 Å².